The average Bonchev–Trinajstić information content (AvgIpc) is 2.62. The van der Waals surface area contributed by atoms with Gasteiger partial charge in [-0.15, -0.1) is 0 Å². The predicted octanol–water partition coefficient (Wildman–Crippen LogP) is 1.97. The van der Waals surface area contributed by atoms with Crippen LogP contribution in [0.4, 0.5) is 15.2 Å². The van der Waals surface area contributed by atoms with Crippen LogP contribution in [0.3, 0.4) is 0 Å². The number of nitrogens with one attached hydrogen (secondary N) is 1. The van der Waals surface area contributed by atoms with E-state index in [0.29, 0.717) is 5.69 Å². The van der Waals surface area contributed by atoms with Gasteiger partial charge in [0.15, 0.2) is 9.34 Å². The van der Waals surface area contributed by atoms with Crippen LogP contribution >= 0.6 is 11.3 Å². The van der Waals surface area contributed by atoms with Crippen molar-refractivity contribution < 1.29 is 12.8 Å². The third-order valence-electron chi connectivity index (χ3n) is 2.11. The monoisotopic (exact) mass is 287 g/mol. The minimum Gasteiger partial charge on any atom is -0.375 e. The van der Waals surface area contributed by atoms with Crippen LogP contribution in [0, 0.1) is 12.7 Å². The zero-order valence-corrected chi connectivity index (χ0v) is 11.0. The lowest BCUT2D eigenvalue weighted by Gasteiger charge is -2.06. The van der Waals surface area contributed by atoms with Gasteiger partial charge in [-0.1, -0.05) is 11.3 Å². The summed E-state index contributed by atoms with van der Waals surface area (Å²) in [6.07, 6.45) is 0. The lowest BCUT2D eigenvalue weighted by molar-refractivity contribution is 0.602. The Bertz CT molecular complexity index is 665. The normalized spacial score (nSPS) is 11.4. The SMILES string of the molecule is Cc1nc(N)sc1S(=O)(=O)Nc1ccc(F)cc1. The molecule has 8 heteroatoms. The minimum atomic E-state index is -3.73. The molecule has 0 fully saturated rings. The van der Waals surface area contributed by atoms with Gasteiger partial charge in [0.1, 0.15) is 5.82 Å². The number of nitrogens with two attached hydrogens (primary N) is 1. The zero-order chi connectivity index (χ0) is 13.3. The molecular formula is C10H10FN3O2S2. The number of benzene rings is 1. The lowest BCUT2D eigenvalue weighted by atomic mass is 10.3. The Balaban J connectivity index is 2.33. The first-order valence-corrected chi connectivity index (χ1v) is 7.20. The largest absolute Gasteiger partial charge is 0.375 e. The van der Waals surface area contributed by atoms with Crippen molar-refractivity contribution in [3.05, 3.63) is 35.8 Å². The van der Waals surface area contributed by atoms with E-state index in [2.05, 4.69) is 9.71 Å². The summed E-state index contributed by atoms with van der Waals surface area (Å²) < 4.78 is 39.2. The molecule has 3 N–H and O–H groups in total. The number of nitrogen functional groups attached to an aromatic ring is 1. The van der Waals surface area contributed by atoms with Crippen LogP contribution in [0.2, 0.25) is 0 Å². The molecule has 0 radical (unpaired) electrons. The van der Waals surface area contributed by atoms with E-state index < -0.39 is 15.8 Å². The molecule has 18 heavy (non-hydrogen) atoms. The van der Waals surface area contributed by atoms with Crippen LogP contribution in [0.5, 0.6) is 0 Å². The standard InChI is InChI=1S/C10H10FN3O2S2/c1-6-9(17-10(12)13-6)18(15,16)14-8-4-2-7(11)3-5-8/h2-5,14H,1H3,(H2,12,13). The molecule has 0 aliphatic heterocycles. The molecule has 1 heterocycles. The second-order valence-electron chi connectivity index (χ2n) is 3.54. The number of hydrogen-bond donors (Lipinski definition) is 2. The average molecular weight is 287 g/mol. The number of rotatable bonds is 3. The van der Waals surface area contributed by atoms with E-state index in [1.807, 2.05) is 0 Å². The third kappa shape index (κ3) is 2.59. The fraction of sp³-hybridized carbons (Fsp3) is 0.100. The van der Waals surface area contributed by atoms with Crippen LogP contribution < -0.4 is 10.5 Å². The number of nitrogens with zero attached hydrogens (tertiary/aromatic N) is 1. The number of sulfonamides is 1. The van der Waals surface area contributed by atoms with E-state index in [9.17, 15) is 12.8 Å². The molecule has 1 aromatic carbocycles. The summed E-state index contributed by atoms with van der Waals surface area (Å²) in [5.74, 6) is -0.434. The molecule has 96 valence electrons. The van der Waals surface area contributed by atoms with Crippen molar-refractivity contribution in [1.29, 1.82) is 0 Å². The van der Waals surface area contributed by atoms with Crippen molar-refractivity contribution in [2.45, 2.75) is 11.1 Å². The molecule has 1 aromatic heterocycles. The van der Waals surface area contributed by atoms with Crippen molar-refractivity contribution in [2.24, 2.45) is 0 Å². The second kappa shape index (κ2) is 4.54. The van der Waals surface area contributed by atoms with Gasteiger partial charge in [0.25, 0.3) is 10.0 Å². The van der Waals surface area contributed by atoms with Crippen molar-refractivity contribution in [2.75, 3.05) is 10.5 Å². The molecule has 0 unspecified atom stereocenters. The number of aromatic nitrogens is 1. The molecule has 0 atom stereocenters. The van der Waals surface area contributed by atoms with Gasteiger partial charge >= 0.3 is 0 Å². The van der Waals surface area contributed by atoms with E-state index in [1.165, 1.54) is 24.3 Å². The van der Waals surface area contributed by atoms with E-state index in [0.717, 1.165) is 11.3 Å². The molecule has 0 bridgehead atoms. The molecule has 2 aromatic rings. The molecule has 0 saturated heterocycles. The lowest BCUT2D eigenvalue weighted by Crippen LogP contribution is -2.12. The van der Waals surface area contributed by atoms with Crippen LogP contribution in [0.15, 0.2) is 28.5 Å². The van der Waals surface area contributed by atoms with E-state index in [1.54, 1.807) is 6.92 Å². The third-order valence-corrected chi connectivity index (χ3v) is 5.09. The summed E-state index contributed by atoms with van der Waals surface area (Å²) in [6.45, 7) is 1.56. The Morgan fingerprint density at radius 3 is 2.44 bits per heavy atom. The van der Waals surface area contributed by atoms with Crippen LogP contribution in [0.25, 0.3) is 0 Å². The smallest absolute Gasteiger partial charge is 0.273 e. The first-order chi connectivity index (χ1) is 8.38. The van der Waals surface area contributed by atoms with Crippen LogP contribution in [-0.4, -0.2) is 13.4 Å². The highest BCUT2D eigenvalue weighted by Crippen LogP contribution is 2.26. The molecule has 0 aliphatic carbocycles. The van der Waals surface area contributed by atoms with E-state index in [-0.39, 0.29) is 15.0 Å². The number of hydrogen-bond acceptors (Lipinski definition) is 5. The topological polar surface area (TPSA) is 85.1 Å². The molecular weight excluding hydrogens is 277 g/mol. The van der Waals surface area contributed by atoms with Gasteiger partial charge in [0.05, 0.1) is 5.69 Å². The summed E-state index contributed by atoms with van der Waals surface area (Å²) in [5.41, 5.74) is 6.08. The number of halogens is 1. The fourth-order valence-electron chi connectivity index (χ4n) is 1.37. The molecule has 0 spiro atoms. The molecule has 0 amide bonds. The van der Waals surface area contributed by atoms with Gasteiger partial charge in [-0.2, -0.15) is 0 Å². The van der Waals surface area contributed by atoms with Gasteiger partial charge in [0.2, 0.25) is 0 Å². The summed E-state index contributed by atoms with van der Waals surface area (Å²) in [7, 11) is -3.73. The molecule has 0 saturated carbocycles. The highest BCUT2D eigenvalue weighted by Gasteiger charge is 2.21. The molecule has 0 aliphatic rings. The highest BCUT2D eigenvalue weighted by molar-refractivity contribution is 7.94. The highest BCUT2D eigenvalue weighted by atomic mass is 32.2. The zero-order valence-electron chi connectivity index (χ0n) is 9.34. The van der Waals surface area contributed by atoms with Crippen molar-refractivity contribution in [3.63, 3.8) is 0 Å². The van der Waals surface area contributed by atoms with Gasteiger partial charge in [-0.3, -0.25) is 4.72 Å². The number of anilines is 2. The second-order valence-corrected chi connectivity index (χ2v) is 6.45. The Morgan fingerprint density at radius 2 is 1.94 bits per heavy atom. The van der Waals surface area contributed by atoms with Gasteiger partial charge in [-0.25, -0.2) is 17.8 Å². The van der Waals surface area contributed by atoms with Crippen molar-refractivity contribution in [1.82, 2.24) is 4.98 Å². The fourth-order valence-corrected chi connectivity index (χ4v) is 3.73. The van der Waals surface area contributed by atoms with E-state index in [4.69, 9.17) is 5.73 Å². The summed E-state index contributed by atoms with van der Waals surface area (Å²) >= 11 is 0.886. The first-order valence-electron chi connectivity index (χ1n) is 4.90. The van der Waals surface area contributed by atoms with Crippen molar-refractivity contribution >= 4 is 32.2 Å². The maximum absolute atomic E-state index is 12.7. The van der Waals surface area contributed by atoms with Crippen LogP contribution in [-0.2, 0) is 10.0 Å². The Kier molecular flexibility index (Phi) is 3.22. The Morgan fingerprint density at radius 1 is 1.33 bits per heavy atom. The van der Waals surface area contributed by atoms with Gasteiger partial charge in [0, 0.05) is 5.69 Å². The Labute approximate surface area is 108 Å². The summed E-state index contributed by atoms with van der Waals surface area (Å²) in [5, 5.41) is 0.187. The van der Waals surface area contributed by atoms with Crippen molar-refractivity contribution in [3.8, 4) is 0 Å². The number of thiazole rings is 1. The number of aryl methyl sites for hydroxylation is 1. The predicted molar refractivity (Wildman–Crippen MR) is 68.5 cm³/mol. The molecule has 5 nitrogen and oxygen atoms in total. The van der Waals surface area contributed by atoms with Gasteiger partial charge in [-0.05, 0) is 31.2 Å². The minimum absolute atomic E-state index is 0.0596. The molecule has 2 rings (SSSR count). The quantitative estimate of drug-likeness (QED) is 0.904. The first kappa shape index (κ1) is 12.8. The van der Waals surface area contributed by atoms with Crippen LogP contribution in [0.1, 0.15) is 5.69 Å². The Hall–Kier alpha value is -1.67. The van der Waals surface area contributed by atoms with E-state index >= 15 is 0 Å². The summed E-state index contributed by atoms with van der Waals surface area (Å²) in [6, 6.07) is 5.02. The maximum Gasteiger partial charge on any atom is 0.273 e. The maximum atomic E-state index is 12.7. The summed E-state index contributed by atoms with van der Waals surface area (Å²) in [4.78, 5) is 3.85. The van der Waals surface area contributed by atoms with Gasteiger partial charge < -0.3 is 5.73 Å².